The number of carbonyl (C=O) groups is 1. The summed E-state index contributed by atoms with van der Waals surface area (Å²) in [6.07, 6.45) is -3.29. The second-order valence-corrected chi connectivity index (χ2v) is 10.8. The molecule has 0 saturated carbocycles. The van der Waals surface area contributed by atoms with Gasteiger partial charge >= 0.3 is 0 Å². The van der Waals surface area contributed by atoms with Gasteiger partial charge in [-0.1, -0.05) is 121 Å². The summed E-state index contributed by atoms with van der Waals surface area (Å²) in [5.41, 5.74) is 4.08. The van der Waals surface area contributed by atoms with Crippen LogP contribution in [0.15, 0.2) is 121 Å². The Kier molecular flexibility index (Phi) is 12.2. The lowest BCUT2D eigenvalue weighted by Gasteiger charge is -2.45. The zero-order valence-electron chi connectivity index (χ0n) is 25.0. The van der Waals surface area contributed by atoms with Crippen molar-refractivity contribution in [3.63, 3.8) is 0 Å². The van der Waals surface area contributed by atoms with Gasteiger partial charge in [-0.05, 0) is 29.2 Å². The summed E-state index contributed by atoms with van der Waals surface area (Å²) in [6.45, 7) is 2.99. The third-order valence-electron chi connectivity index (χ3n) is 7.29. The van der Waals surface area contributed by atoms with Crippen molar-refractivity contribution >= 4 is 5.78 Å². The van der Waals surface area contributed by atoms with E-state index in [9.17, 15) is 4.79 Å². The number of rotatable bonds is 16. The van der Waals surface area contributed by atoms with Crippen molar-refractivity contribution in [3.8, 4) is 0 Å². The van der Waals surface area contributed by atoms with E-state index in [1.807, 2.05) is 121 Å². The summed E-state index contributed by atoms with van der Waals surface area (Å²) in [5.74, 6) is -0.114. The first-order chi connectivity index (χ1) is 21.7. The monoisotopic (exact) mass is 596 g/mol. The van der Waals surface area contributed by atoms with E-state index in [1.54, 1.807) is 0 Å². The fourth-order valence-electron chi connectivity index (χ4n) is 5.08. The largest absolute Gasteiger partial charge is 0.374 e. The SMILES string of the molecule is CC(=O)CO[C@@H]1O[C@H](COCc2ccccc2)[C@@H](OCc2ccccc2)[C@H](OCc2ccccc2)[C@@H]1OCc1ccccc1. The summed E-state index contributed by atoms with van der Waals surface area (Å²) in [6, 6.07) is 39.8. The van der Waals surface area contributed by atoms with E-state index in [1.165, 1.54) is 6.92 Å². The summed E-state index contributed by atoms with van der Waals surface area (Å²) < 4.78 is 38.5. The van der Waals surface area contributed by atoms with Crippen molar-refractivity contribution in [1.82, 2.24) is 0 Å². The molecule has 4 aromatic rings. The van der Waals surface area contributed by atoms with Gasteiger partial charge in [-0.25, -0.2) is 0 Å². The van der Waals surface area contributed by atoms with Crippen LogP contribution in [0.1, 0.15) is 29.2 Å². The summed E-state index contributed by atoms with van der Waals surface area (Å²) >= 11 is 0. The van der Waals surface area contributed by atoms with Crippen LogP contribution in [0.2, 0.25) is 0 Å². The number of hydrogen-bond acceptors (Lipinski definition) is 7. The molecule has 0 aromatic heterocycles. The van der Waals surface area contributed by atoms with Gasteiger partial charge < -0.3 is 28.4 Å². The van der Waals surface area contributed by atoms with Gasteiger partial charge in [0, 0.05) is 0 Å². The van der Waals surface area contributed by atoms with Gasteiger partial charge in [-0.2, -0.15) is 0 Å². The third kappa shape index (κ3) is 9.66. The molecule has 44 heavy (non-hydrogen) atoms. The molecular formula is C37H40O7. The van der Waals surface area contributed by atoms with Gasteiger partial charge in [0.1, 0.15) is 31.0 Å². The van der Waals surface area contributed by atoms with Crippen LogP contribution in [-0.2, 0) is 59.6 Å². The highest BCUT2D eigenvalue weighted by molar-refractivity contribution is 5.76. The lowest BCUT2D eigenvalue weighted by molar-refractivity contribution is -0.326. The topological polar surface area (TPSA) is 72.5 Å². The lowest BCUT2D eigenvalue weighted by Crippen LogP contribution is -2.62. The molecule has 0 radical (unpaired) electrons. The summed E-state index contributed by atoms with van der Waals surface area (Å²) in [4.78, 5) is 12.0. The van der Waals surface area contributed by atoms with E-state index >= 15 is 0 Å². The highest BCUT2D eigenvalue weighted by Crippen LogP contribution is 2.31. The lowest BCUT2D eigenvalue weighted by atomic mass is 9.97. The second kappa shape index (κ2) is 17.0. The molecule has 7 nitrogen and oxygen atoms in total. The normalized spacial score (nSPS) is 21.6. The second-order valence-electron chi connectivity index (χ2n) is 10.8. The number of ether oxygens (including phenoxy) is 6. The van der Waals surface area contributed by atoms with Crippen LogP contribution in [0.5, 0.6) is 0 Å². The molecule has 4 aromatic carbocycles. The van der Waals surface area contributed by atoms with Crippen LogP contribution in [-0.4, -0.2) is 49.7 Å². The molecule has 7 heteroatoms. The number of Topliss-reactive ketones (excluding diaryl/α,β-unsaturated/α-hetero) is 1. The van der Waals surface area contributed by atoms with Gasteiger partial charge in [-0.3, -0.25) is 4.79 Å². The molecule has 0 spiro atoms. The minimum Gasteiger partial charge on any atom is -0.374 e. The Morgan fingerprint density at radius 2 is 0.955 bits per heavy atom. The van der Waals surface area contributed by atoms with Gasteiger partial charge in [0.15, 0.2) is 12.1 Å². The molecular weight excluding hydrogens is 556 g/mol. The van der Waals surface area contributed by atoms with Crippen LogP contribution in [0.3, 0.4) is 0 Å². The van der Waals surface area contributed by atoms with Gasteiger partial charge in [0.05, 0.1) is 33.0 Å². The highest BCUT2D eigenvalue weighted by atomic mass is 16.7. The number of hydrogen-bond donors (Lipinski definition) is 0. The first-order valence-electron chi connectivity index (χ1n) is 15.0. The number of carbonyl (C=O) groups excluding carboxylic acids is 1. The van der Waals surface area contributed by atoms with Crippen molar-refractivity contribution < 1.29 is 33.2 Å². The molecule has 1 saturated heterocycles. The molecule has 0 amide bonds. The first kappa shape index (κ1) is 31.7. The number of ketones is 1. The Morgan fingerprint density at radius 1 is 0.545 bits per heavy atom. The number of benzene rings is 4. The Hall–Kier alpha value is -3.69. The van der Waals surface area contributed by atoms with Crippen LogP contribution in [0.4, 0.5) is 0 Å². The molecule has 0 N–H and O–H groups in total. The fraction of sp³-hybridized carbons (Fsp3) is 0.324. The first-order valence-corrected chi connectivity index (χ1v) is 15.0. The average Bonchev–Trinajstić information content (AvgIpc) is 3.07. The molecule has 1 heterocycles. The van der Waals surface area contributed by atoms with Gasteiger partial charge in [-0.15, -0.1) is 0 Å². The third-order valence-corrected chi connectivity index (χ3v) is 7.29. The molecule has 1 fully saturated rings. The van der Waals surface area contributed by atoms with Gasteiger partial charge in [0.2, 0.25) is 0 Å². The van der Waals surface area contributed by atoms with Crippen LogP contribution in [0, 0.1) is 0 Å². The molecule has 5 atom stereocenters. The van der Waals surface area contributed by atoms with Crippen LogP contribution < -0.4 is 0 Å². The standard InChI is InChI=1S/C37H40O7/c1-28(38)22-43-37-36(42-26-32-20-12-5-13-21-32)35(41-25-31-18-10-4-11-19-31)34(40-24-30-16-8-3-9-17-30)33(44-37)27-39-23-29-14-6-2-7-15-29/h2-21,33-37H,22-27H2,1H3/t33-,34-,35+,36+,37-/m1/s1. The summed E-state index contributed by atoms with van der Waals surface area (Å²) in [5, 5.41) is 0. The predicted molar refractivity (Wildman–Crippen MR) is 166 cm³/mol. The highest BCUT2D eigenvalue weighted by Gasteiger charge is 2.49. The Labute approximate surface area is 259 Å². The maximum absolute atomic E-state index is 12.0. The Balaban J connectivity index is 1.42. The van der Waals surface area contributed by atoms with Gasteiger partial charge in [0.25, 0.3) is 0 Å². The molecule has 0 unspecified atom stereocenters. The average molecular weight is 597 g/mol. The summed E-state index contributed by atoms with van der Waals surface area (Å²) in [7, 11) is 0. The maximum Gasteiger partial charge on any atom is 0.187 e. The van der Waals surface area contributed by atoms with E-state index in [2.05, 4.69) is 0 Å². The molecule has 5 rings (SSSR count). The van der Waals surface area contributed by atoms with Crippen molar-refractivity contribution in [2.45, 2.75) is 64.1 Å². The molecule has 1 aliphatic rings. The Morgan fingerprint density at radius 3 is 1.41 bits per heavy atom. The van der Waals surface area contributed by atoms with Crippen LogP contribution in [0.25, 0.3) is 0 Å². The van der Waals surface area contributed by atoms with E-state index in [-0.39, 0.29) is 19.0 Å². The van der Waals surface area contributed by atoms with E-state index in [0.29, 0.717) is 26.4 Å². The van der Waals surface area contributed by atoms with Crippen molar-refractivity contribution in [2.75, 3.05) is 13.2 Å². The van der Waals surface area contributed by atoms with E-state index in [0.717, 1.165) is 22.3 Å². The van der Waals surface area contributed by atoms with E-state index < -0.39 is 30.7 Å². The van der Waals surface area contributed by atoms with Crippen molar-refractivity contribution in [2.24, 2.45) is 0 Å². The maximum atomic E-state index is 12.0. The molecule has 1 aliphatic heterocycles. The van der Waals surface area contributed by atoms with Crippen LogP contribution >= 0.6 is 0 Å². The minimum absolute atomic E-state index is 0.114. The quantitative estimate of drug-likeness (QED) is 0.151. The minimum atomic E-state index is -0.884. The predicted octanol–water partition coefficient (Wildman–Crippen LogP) is 6.29. The Bertz CT molecular complexity index is 1370. The zero-order chi connectivity index (χ0) is 30.4. The van der Waals surface area contributed by atoms with E-state index in [4.69, 9.17) is 28.4 Å². The molecule has 0 aliphatic carbocycles. The molecule has 230 valence electrons. The smallest absolute Gasteiger partial charge is 0.187 e. The fourth-order valence-corrected chi connectivity index (χ4v) is 5.08. The van der Waals surface area contributed by atoms with Crippen molar-refractivity contribution in [1.29, 1.82) is 0 Å². The molecule has 0 bridgehead atoms. The van der Waals surface area contributed by atoms with Crippen molar-refractivity contribution in [3.05, 3.63) is 144 Å². The zero-order valence-corrected chi connectivity index (χ0v) is 25.0.